The van der Waals surface area contributed by atoms with E-state index in [1.165, 1.54) is 21.8 Å². The average Bonchev–Trinajstić information content (AvgIpc) is 3.72. The zero-order valence-electron chi connectivity index (χ0n) is 25.0. The van der Waals surface area contributed by atoms with Crippen molar-refractivity contribution in [2.75, 3.05) is 38.2 Å². The van der Waals surface area contributed by atoms with Crippen molar-refractivity contribution in [3.05, 3.63) is 56.5 Å². The van der Waals surface area contributed by atoms with E-state index in [2.05, 4.69) is 15.2 Å². The van der Waals surface area contributed by atoms with Gasteiger partial charge in [-0.05, 0) is 76.1 Å². The lowest BCUT2D eigenvalue weighted by Gasteiger charge is -2.30. The fourth-order valence-electron chi connectivity index (χ4n) is 5.92. The topological polar surface area (TPSA) is 105 Å². The third-order valence-corrected chi connectivity index (χ3v) is 10.5. The van der Waals surface area contributed by atoms with Crippen LogP contribution in [0.15, 0.2) is 24.5 Å². The number of carbonyl (C=O) groups excluding carboxylic acids is 3. The molecule has 43 heavy (non-hydrogen) atoms. The molecule has 5 heterocycles. The molecule has 12 heteroatoms. The summed E-state index contributed by atoms with van der Waals surface area (Å²) in [7, 11) is 0. The van der Waals surface area contributed by atoms with Gasteiger partial charge in [0.2, 0.25) is 0 Å². The normalized spacial score (nSPS) is 16.8. The average molecular weight is 626 g/mol. The SMILES string of the molecule is CC(C)(C)OC(=O)N1CCc2c(sc(-n3cccc3)c2CNC(=O)Nc2sc3c(c2C(=O)N2CCOCC2)CCCC3)C1. The van der Waals surface area contributed by atoms with Crippen molar-refractivity contribution in [3.8, 4) is 5.00 Å². The van der Waals surface area contributed by atoms with Crippen molar-refractivity contribution < 1.29 is 23.9 Å². The summed E-state index contributed by atoms with van der Waals surface area (Å²) < 4.78 is 13.1. The number of urea groups is 1. The Morgan fingerprint density at radius 3 is 2.42 bits per heavy atom. The van der Waals surface area contributed by atoms with E-state index in [-0.39, 0.29) is 18.0 Å². The number of nitrogens with one attached hydrogen (secondary N) is 2. The third-order valence-electron chi connectivity index (χ3n) is 7.97. The lowest BCUT2D eigenvalue weighted by atomic mass is 9.95. The number of fused-ring (bicyclic) bond motifs is 2. The van der Waals surface area contributed by atoms with Crippen LogP contribution < -0.4 is 10.6 Å². The highest BCUT2D eigenvalue weighted by molar-refractivity contribution is 7.17. The molecule has 6 rings (SSSR count). The highest BCUT2D eigenvalue weighted by atomic mass is 32.1. The van der Waals surface area contributed by atoms with E-state index >= 15 is 0 Å². The summed E-state index contributed by atoms with van der Waals surface area (Å²) >= 11 is 3.17. The molecule has 1 aliphatic carbocycles. The first-order valence-corrected chi connectivity index (χ1v) is 16.6. The Hall–Kier alpha value is -3.35. The number of rotatable bonds is 5. The maximum atomic E-state index is 13.6. The minimum atomic E-state index is -0.555. The minimum Gasteiger partial charge on any atom is -0.444 e. The summed E-state index contributed by atoms with van der Waals surface area (Å²) in [5.41, 5.74) is 3.41. The van der Waals surface area contributed by atoms with Gasteiger partial charge in [0.1, 0.15) is 15.6 Å². The Balaban J connectivity index is 1.20. The van der Waals surface area contributed by atoms with Gasteiger partial charge in [-0.3, -0.25) is 10.1 Å². The Bertz CT molecular complexity index is 1500. The molecular formula is C31H39N5O5S2. The van der Waals surface area contributed by atoms with Gasteiger partial charge in [-0.25, -0.2) is 9.59 Å². The van der Waals surface area contributed by atoms with Crippen LogP contribution in [0.2, 0.25) is 0 Å². The Kier molecular flexibility index (Phi) is 8.52. The van der Waals surface area contributed by atoms with Crippen molar-refractivity contribution in [3.63, 3.8) is 0 Å². The van der Waals surface area contributed by atoms with E-state index in [9.17, 15) is 14.4 Å². The van der Waals surface area contributed by atoms with Crippen LogP contribution in [-0.4, -0.2) is 70.8 Å². The first kappa shape index (κ1) is 29.7. The number of hydrogen-bond donors (Lipinski definition) is 2. The number of amides is 4. The zero-order valence-corrected chi connectivity index (χ0v) is 26.6. The van der Waals surface area contributed by atoms with Gasteiger partial charge < -0.3 is 29.2 Å². The van der Waals surface area contributed by atoms with Crippen molar-refractivity contribution in [2.24, 2.45) is 0 Å². The Morgan fingerprint density at radius 2 is 1.67 bits per heavy atom. The molecule has 0 bridgehead atoms. The summed E-state index contributed by atoms with van der Waals surface area (Å²) in [6, 6.07) is 3.61. The lowest BCUT2D eigenvalue weighted by Crippen LogP contribution is -2.41. The third kappa shape index (κ3) is 6.46. The van der Waals surface area contributed by atoms with Crippen molar-refractivity contribution in [1.29, 1.82) is 0 Å². The lowest BCUT2D eigenvalue weighted by molar-refractivity contribution is 0.0226. The highest BCUT2D eigenvalue weighted by Gasteiger charge is 2.32. The van der Waals surface area contributed by atoms with Gasteiger partial charge in [-0.1, -0.05) is 0 Å². The molecule has 2 N–H and O–H groups in total. The maximum absolute atomic E-state index is 13.6. The van der Waals surface area contributed by atoms with E-state index in [0.29, 0.717) is 62.9 Å². The molecule has 2 aliphatic heterocycles. The van der Waals surface area contributed by atoms with Crippen LogP contribution in [0.3, 0.4) is 0 Å². The van der Waals surface area contributed by atoms with Gasteiger partial charge in [0.05, 0.1) is 25.3 Å². The number of thiophene rings is 2. The molecule has 3 aliphatic rings. The van der Waals surface area contributed by atoms with Gasteiger partial charge in [0.25, 0.3) is 5.91 Å². The van der Waals surface area contributed by atoms with Crippen molar-refractivity contribution in [2.45, 2.75) is 71.6 Å². The van der Waals surface area contributed by atoms with E-state index < -0.39 is 5.60 Å². The first-order chi connectivity index (χ1) is 20.7. The Morgan fingerprint density at radius 1 is 0.930 bits per heavy atom. The molecule has 3 aromatic heterocycles. The second kappa shape index (κ2) is 12.3. The first-order valence-electron chi connectivity index (χ1n) is 15.0. The van der Waals surface area contributed by atoms with Crippen LogP contribution in [0.5, 0.6) is 0 Å². The van der Waals surface area contributed by atoms with E-state index in [0.717, 1.165) is 46.7 Å². The zero-order chi connectivity index (χ0) is 30.1. The molecule has 230 valence electrons. The fourth-order valence-corrected chi connectivity index (χ4v) is 8.54. The Labute approximate surface area is 259 Å². The number of morpholine rings is 1. The number of carbonyl (C=O) groups is 3. The van der Waals surface area contributed by atoms with Crippen molar-refractivity contribution in [1.82, 2.24) is 19.7 Å². The smallest absolute Gasteiger partial charge is 0.410 e. The van der Waals surface area contributed by atoms with Gasteiger partial charge >= 0.3 is 12.1 Å². The summed E-state index contributed by atoms with van der Waals surface area (Å²) in [5, 5.41) is 7.78. The van der Waals surface area contributed by atoms with Crippen molar-refractivity contribution >= 4 is 45.7 Å². The predicted molar refractivity (Wildman–Crippen MR) is 168 cm³/mol. The summed E-state index contributed by atoms with van der Waals surface area (Å²) in [5.74, 6) is -0.0191. The number of ether oxygens (including phenoxy) is 2. The van der Waals surface area contributed by atoms with Crippen LogP contribution in [0, 0.1) is 0 Å². The maximum Gasteiger partial charge on any atom is 0.410 e. The largest absolute Gasteiger partial charge is 0.444 e. The number of aromatic nitrogens is 1. The molecule has 4 amide bonds. The minimum absolute atomic E-state index is 0.0191. The fraction of sp³-hybridized carbons (Fsp3) is 0.516. The standard InChI is InChI=1S/C31H39N5O5S2/c1-31(2,3)41-30(39)36-13-10-20-22(28(43-24(20)19-36)35-11-6-7-12-35)18-32-29(38)33-26-25(21-8-4-5-9-23(21)42-26)27(37)34-14-16-40-17-15-34/h6-7,11-12H,4-5,8-10,13-19H2,1-3H3,(H2,32,33,38). The quantitative estimate of drug-likeness (QED) is 0.386. The van der Waals surface area contributed by atoms with Gasteiger partial charge in [0, 0.05) is 53.9 Å². The van der Waals surface area contributed by atoms with Crippen LogP contribution in [0.25, 0.3) is 5.00 Å². The molecule has 0 aromatic carbocycles. The summed E-state index contributed by atoms with van der Waals surface area (Å²) in [6.07, 6.45) is 8.31. The molecule has 1 saturated heterocycles. The van der Waals surface area contributed by atoms with Gasteiger partial charge in [-0.2, -0.15) is 0 Å². The van der Waals surface area contributed by atoms with E-state index in [1.807, 2.05) is 50.2 Å². The predicted octanol–water partition coefficient (Wildman–Crippen LogP) is 5.57. The van der Waals surface area contributed by atoms with Crippen LogP contribution >= 0.6 is 22.7 Å². The molecule has 1 fully saturated rings. The molecule has 0 atom stereocenters. The molecule has 0 radical (unpaired) electrons. The van der Waals surface area contributed by atoms with Gasteiger partial charge in [-0.15, -0.1) is 22.7 Å². The number of nitrogens with zero attached hydrogens (tertiary/aromatic N) is 3. The molecule has 3 aromatic rings. The molecule has 0 unspecified atom stereocenters. The number of hydrogen-bond acceptors (Lipinski definition) is 7. The van der Waals surface area contributed by atoms with Crippen LogP contribution in [-0.2, 0) is 41.8 Å². The molecule has 0 spiro atoms. The van der Waals surface area contributed by atoms with E-state index in [1.54, 1.807) is 16.2 Å². The molecule has 10 nitrogen and oxygen atoms in total. The summed E-state index contributed by atoms with van der Waals surface area (Å²) in [6.45, 7) is 9.16. The van der Waals surface area contributed by atoms with Gasteiger partial charge in [0.15, 0.2) is 0 Å². The van der Waals surface area contributed by atoms with Crippen LogP contribution in [0.4, 0.5) is 14.6 Å². The van der Waals surface area contributed by atoms with Crippen LogP contribution in [0.1, 0.15) is 70.4 Å². The molecule has 0 saturated carbocycles. The second-order valence-electron chi connectivity index (χ2n) is 12.2. The number of anilines is 1. The second-order valence-corrected chi connectivity index (χ2v) is 14.3. The number of aryl methyl sites for hydroxylation is 1. The van der Waals surface area contributed by atoms with E-state index in [4.69, 9.17) is 9.47 Å². The summed E-state index contributed by atoms with van der Waals surface area (Å²) in [4.78, 5) is 45.7. The monoisotopic (exact) mass is 625 g/mol. The highest BCUT2D eigenvalue weighted by Crippen LogP contribution is 2.39. The molecular weight excluding hydrogens is 587 g/mol.